The summed E-state index contributed by atoms with van der Waals surface area (Å²) in [6.07, 6.45) is 1.92. The van der Waals surface area contributed by atoms with E-state index in [1.807, 2.05) is 26.8 Å². The summed E-state index contributed by atoms with van der Waals surface area (Å²) in [5.41, 5.74) is 2.06. The molecule has 1 aliphatic rings. The van der Waals surface area contributed by atoms with Crippen molar-refractivity contribution < 1.29 is 23.1 Å². The van der Waals surface area contributed by atoms with Crippen LogP contribution in [0.15, 0.2) is 70.5 Å². The highest BCUT2D eigenvalue weighted by Crippen LogP contribution is 2.37. The number of phenols is 1. The molecule has 9 nitrogen and oxygen atoms in total. The molecule has 0 unspecified atom stereocenters. The highest BCUT2D eigenvalue weighted by molar-refractivity contribution is 7.91. The molecule has 1 aliphatic heterocycles. The molecule has 0 saturated carbocycles. The molecule has 0 aliphatic carbocycles. The minimum absolute atomic E-state index is 0.0282. The molecule has 44 heavy (non-hydrogen) atoms. The van der Waals surface area contributed by atoms with Crippen LogP contribution in [0.25, 0.3) is 16.7 Å². The van der Waals surface area contributed by atoms with Crippen molar-refractivity contribution in [1.82, 2.24) is 20.3 Å². The number of aryl methyl sites for hydroxylation is 1. The van der Waals surface area contributed by atoms with Gasteiger partial charge in [-0.15, -0.1) is 15.0 Å². The summed E-state index contributed by atoms with van der Waals surface area (Å²) in [5, 5.41) is 24.1. The van der Waals surface area contributed by atoms with Gasteiger partial charge < -0.3 is 15.2 Å². The fourth-order valence-electron chi connectivity index (χ4n) is 6.25. The van der Waals surface area contributed by atoms with Gasteiger partial charge in [-0.2, -0.15) is 0 Å². The molecule has 1 fully saturated rings. The second-order valence-electron chi connectivity index (χ2n) is 14.1. The number of aromatic hydroxyl groups is 1. The first kappa shape index (κ1) is 31.7. The molecule has 2 heterocycles. The molecule has 3 aromatic carbocycles. The van der Waals surface area contributed by atoms with Gasteiger partial charge in [-0.3, -0.25) is 4.79 Å². The van der Waals surface area contributed by atoms with Gasteiger partial charge in [0.2, 0.25) is 9.84 Å². The van der Waals surface area contributed by atoms with Crippen molar-refractivity contribution in [3.8, 4) is 11.4 Å². The number of fused-ring (bicyclic) bond motifs is 1. The molecule has 1 saturated heterocycles. The smallest absolute Gasteiger partial charge is 0.306 e. The van der Waals surface area contributed by atoms with Gasteiger partial charge >= 0.3 is 5.97 Å². The Morgan fingerprint density at radius 1 is 0.955 bits per heavy atom. The fraction of sp³-hybridized carbons (Fsp3) is 0.441. The molecule has 1 aromatic heterocycles. The Kier molecular flexibility index (Phi) is 8.13. The third kappa shape index (κ3) is 6.81. The molecule has 0 atom stereocenters. The molecular formula is C34H42N4O5S. The minimum atomic E-state index is -3.74. The number of rotatable bonds is 7. The average Bonchev–Trinajstić information content (AvgIpc) is 3.34. The number of ether oxygens (including phenoxy) is 1. The Hall–Kier alpha value is -3.76. The van der Waals surface area contributed by atoms with E-state index in [1.54, 1.807) is 42.5 Å². The quantitative estimate of drug-likeness (QED) is 0.240. The Morgan fingerprint density at radius 3 is 2.23 bits per heavy atom. The van der Waals surface area contributed by atoms with Crippen molar-refractivity contribution in [1.29, 1.82) is 0 Å². The summed E-state index contributed by atoms with van der Waals surface area (Å²) in [6.45, 7) is 14.5. The predicted octanol–water partition coefficient (Wildman–Crippen LogP) is 6.04. The zero-order valence-corrected chi connectivity index (χ0v) is 27.3. The number of sulfone groups is 1. The standard InChI is InChI=1S/C34H42N4O5S/c1-32(2,3)26-17-22(13-16-30(39)43-23-20-33(4,5)37-34(6,7)21-23)18-29(31(26)40)38-35-27-15-14-25(19-28(27)36-38)44(41,42)24-11-9-8-10-12-24/h8-12,14-15,17-19,23,37,40H,13,16,20-21H2,1-7H3. The van der Waals surface area contributed by atoms with Gasteiger partial charge in [0.15, 0.2) is 0 Å². The number of carbonyl (C=O) groups excluding carboxylic acids is 1. The second-order valence-corrected chi connectivity index (χ2v) is 16.1. The molecule has 0 radical (unpaired) electrons. The van der Waals surface area contributed by atoms with Crippen LogP contribution < -0.4 is 5.32 Å². The Labute approximate surface area is 259 Å². The van der Waals surface area contributed by atoms with Crippen LogP contribution in [0.2, 0.25) is 0 Å². The van der Waals surface area contributed by atoms with Crippen molar-refractivity contribution in [3.05, 3.63) is 71.8 Å². The maximum absolute atomic E-state index is 13.2. The molecule has 4 aromatic rings. The minimum Gasteiger partial charge on any atom is -0.505 e. The average molecular weight is 619 g/mol. The maximum atomic E-state index is 13.2. The largest absolute Gasteiger partial charge is 0.505 e. The van der Waals surface area contributed by atoms with E-state index < -0.39 is 15.3 Å². The van der Waals surface area contributed by atoms with Gasteiger partial charge in [-0.1, -0.05) is 45.0 Å². The number of carbonyl (C=O) groups is 1. The lowest BCUT2D eigenvalue weighted by Gasteiger charge is -2.45. The maximum Gasteiger partial charge on any atom is 0.306 e. The SMILES string of the molecule is CC1(C)CC(OC(=O)CCc2cc(-n3nc4ccc(S(=O)(=O)c5ccccc5)cc4n3)c(O)c(C(C)(C)C)c2)CC(C)(C)N1. The van der Waals surface area contributed by atoms with E-state index in [9.17, 15) is 18.3 Å². The van der Waals surface area contributed by atoms with Gasteiger partial charge in [-0.25, -0.2) is 8.42 Å². The molecule has 2 N–H and O–H groups in total. The Bertz CT molecular complexity index is 1790. The normalized spacial score (nSPS) is 17.1. The number of esters is 1. The lowest BCUT2D eigenvalue weighted by molar-refractivity contribution is -0.153. The topological polar surface area (TPSA) is 123 Å². The molecule has 10 heteroatoms. The summed E-state index contributed by atoms with van der Waals surface area (Å²) >= 11 is 0. The Morgan fingerprint density at radius 2 is 1.59 bits per heavy atom. The summed E-state index contributed by atoms with van der Waals surface area (Å²) in [6, 6.07) is 16.5. The first-order chi connectivity index (χ1) is 20.4. The van der Waals surface area contributed by atoms with E-state index in [1.165, 1.54) is 16.9 Å². The van der Waals surface area contributed by atoms with Crippen LogP contribution in [0.1, 0.15) is 78.9 Å². The number of nitrogens with one attached hydrogen (secondary N) is 1. The molecular weight excluding hydrogens is 576 g/mol. The third-order valence-electron chi connectivity index (χ3n) is 7.96. The third-order valence-corrected chi connectivity index (χ3v) is 9.72. The number of hydrogen-bond acceptors (Lipinski definition) is 8. The number of benzene rings is 3. The zero-order chi connectivity index (χ0) is 32.1. The lowest BCUT2D eigenvalue weighted by Crippen LogP contribution is -2.59. The molecule has 5 rings (SSSR count). The highest BCUT2D eigenvalue weighted by Gasteiger charge is 2.39. The summed E-state index contributed by atoms with van der Waals surface area (Å²) < 4.78 is 32.3. The molecule has 0 spiro atoms. The number of nitrogens with zero attached hydrogens (tertiary/aromatic N) is 3. The van der Waals surface area contributed by atoms with Crippen molar-refractivity contribution in [3.63, 3.8) is 0 Å². The number of phenolic OH excluding ortho intramolecular Hbond substituents is 1. The number of aromatic nitrogens is 3. The van der Waals surface area contributed by atoms with E-state index in [0.717, 1.165) is 18.4 Å². The van der Waals surface area contributed by atoms with E-state index in [2.05, 4.69) is 43.2 Å². The van der Waals surface area contributed by atoms with Crippen molar-refractivity contribution in [2.24, 2.45) is 0 Å². The highest BCUT2D eigenvalue weighted by atomic mass is 32.2. The number of piperidine rings is 1. The van der Waals surface area contributed by atoms with Crippen molar-refractivity contribution in [2.75, 3.05) is 0 Å². The lowest BCUT2D eigenvalue weighted by atomic mass is 9.81. The van der Waals surface area contributed by atoms with Crippen LogP contribution in [-0.4, -0.2) is 51.7 Å². The Balaban J connectivity index is 1.42. The van der Waals surface area contributed by atoms with Crippen LogP contribution in [0.5, 0.6) is 5.75 Å². The van der Waals surface area contributed by atoms with Crippen LogP contribution in [-0.2, 0) is 31.2 Å². The van der Waals surface area contributed by atoms with Crippen LogP contribution in [0.4, 0.5) is 0 Å². The van der Waals surface area contributed by atoms with Gasteiger partial charge in [0.25, 0.3) is 0 Å². The van der Waals surface area contributed by atoms with Crippen LogP contribution >= 0.6 is 0 Å². The molecule has 0 bridgehead atoms. The van der Waals surface area contributed by atoms with E-state index in [4.69, 9.17) is 4.74 Å². The van der Waals surface area contributed by atoms with Gasteiger partial charge in [0.05, 0.1) is 9.79 Å². The number of hydrogen-bond donors (Lipinski definition) is 2. The van der Waals surface area contributed by atoms with E-state index >= 15 is 0 Å². The van der Waals surface area contributed by atoms with Gasteiger partial charge in [-0.05, 0) is 81.5 Å². The zero-order valence-electron chi connectivity index (χ0n) is 26.5. The van der Waals surface area contributed by atoms with Crippen LogP contribution in [0.3, 0.4) is 0 Å². The molecule has 234 valence electrons. The first-order valence-corrected chi connectivity index (χ1v) is 16.4. The summed E-state index contributed by atoms with van der Waals surface area (Å²) in [4.78, 5) is 14.6. The van der Waals surface area contributed by atoms with Gasteiger partial charge in [0, 0.05) is 35.9 Å². The van der Waals surface area contributed by atoms with Crippen molar-refractivity contribution in [2.45, 2.75) is 107 Å². The van der Waals surface area contributed by atoms with E-state index in [-0.39, 0.29) is 45.1 Å². The predicted molar refractivity (Wildman–Crippen MR) is 170 cm³/mol. The van der Waals surface area contributed by atoms with Gasteiger partial charge in [0.1, 0.15) is 28.6 Å². The summed E-state index contributed by atoms with van der Waals surface area (Å²) in [5.74, 6) is -0.231. The van der Waals surface area contributed by atoms with Crippen molar-refractivity contribution >= 4 is 26.8 Å². The van der Waals surface area contributed by atoms with E-state index in [0.29, 0.717) is 28.7 Å². The monoisotopic (exact) mass is 618 g/mol. The second kappa shape index (κ2) is 11.3. The summed E-state index contributed by atoms with van der Waals surface area (Å²) in [7, 11) is -3.74. The van der Waals surface area contributed by atoms with Crippen LogP contribution in [0, 0.1) is 0 Å². The molecule has 0 amide bonds. The first-order valence-electron chi connectivity index (χ1n) is 15.0. The fourth-order valence-corrected chi connectivity index (χ4v) is 7.56.